The van der Waals surface area contributed by atoms with Crippen molar-refractivity contribution in [3.8, 4) is 0 Å². The van der Waals surface area contributed by atoms with E-state index < -0.39 is 0 Å². The molecular formula is C13H19BrFN. The van der Waals surface area contributed by atoms with E-state index >= 15 is 0 Å². The molecule has 16 heavy (non-hydrogen) atoms. The number of hydrogen-bond acceptors (Lipinski definition) is 1. The Bertz CT molecular complexity index is 315. The van der Waals surface area contributed by atoms with Gasteiger partial charge in [0.2, 0.25) is 0 Å². The molecule has 0 heterocycles. The minimum Gasteiger partial charge on any atom is -0.313 e. The van der Waals surface area contributed by atoms with Gasteiger partial charge in [0, 0.05) is 6.54 Å². The first-order valence-electron chi connectivity index (χ1n) is 5.89. The van der Waals surface area contributed by atoms with Gasteiger partial charge in [0.1, 0.15) is 5.82 Å². The summed E-state index contributed by atoms with van der Waals surface area (Å²) in [5.74, 6) is -0.190. The SMILES string of the molecule is CCCCCCNCc1cccc(F)c1Br. The van der Waals surface area contributed by atoms with Crippen LogP contribution in [0.5, 0.6) is 0 Å². The minimum atomic E-state index is -0.190. The molecule has 0 aromatic heterocycles. The fourth-order valence-electron chi connectivity index (χ4n) is 1.58. The molecule has 0 atom stereocenters. The van der Waals surface area contributed by atoms with Crippen LogP contribution in [0.1, 0.15) is 38.2 Å². The lowest BCUT2D eigenvalue weighted by Gasteiger charge is -2.07. The molecule has 1 N–H and O–H groups in total. The van der Waals surface area contributed by atoms with Gasteiger partial charge in [-0.25, -0.2) is 4.39 Å². The average Bonchev–Trinajstić information content (AvgIpc) is 2.29. The first-order valence-corrected chi connectivity index (χ1v) is 6.68. The van der Waals surface area contributed by atoms with Crippen molar-refractivity contribution < 1.29 is 4.39 Å². The molecular weight excluding hydrogens is 269 g/mol. The van der Waals surface area contributed by atoms with Crippen LogP contribution in [0, 0.1) is 5.82 Å². The van der Waals surface area contributed by atoms with Gasteiger partial charge in [0.05, 0.1) is 4.47 Å². The third kappa shape index (κ3) is 4.62. The van der Waals surface area contributed by atoms with Gasteiger partial charge >= 0.3 is 0 Å². The summed E-state index contributed by atoms with van der Waals surface area (Å²) in [7, 11) is 0. The molecule has 0 saturated heterocycles. The molecule has 90 valence electrons. The van der Waals surface area contributed by atoms with E-state index in [4.69, 9.17) is 0 Å². The molecule has 1 nitrogen and oxygen atoms in total. The zero-order valence-corrected chi connectivity index (χ0v) is 11.3. The molecule has 0 unspecified atom stereocenters. The summed E-state index contributed by atoms with van der Waals surface area (Å²) in [4.78, 5) is 0. The van der Waals surface area contributed by atoms with Crippen LogP contribution in [0.15, 0.2) is 22.7 Å². The standard InChI is InChI=1S/C13H19BrFN/c1-2-3-4-5-9-16-10-11-7-6-8-12(15)13(11)14/h6-8,16H,2-5,9-10H2,1H3. The Kier molecular flexibility index (Phi) is 6.65. The van der Waals surface area contributed by atoms with Crippen LogP contribution in [-0.2, 0) is 6.54 Å². The van der Waals surface area contributed by atoms with Crippen molar-refractivity contribution in [3.63, 3.8) is 0 Å². The van der Waals surface area contributed by atoms with Crippen molar-refractivity contribution in [2.75, 3.05) is 6.54 Å². The minimum absolute atomic E-state index is 0.190. The van der Waals surface area contributed by atoms with Gasteiger partial charge < -0.3 is 5.32 Å². The molecule has 1 aromatic carbocycles. The summed E-state index contributed by atoms with van der Waals surface area (Å²) in [6.45, 7) is 3.94. The highest BCUT2D eigenvalue weighted by molar-refractivity contribution is 9.10. The van der Waals surface area contributed by atoms with E-state index in [1.807, 2.05) is 6.07 Å². The van der Waals surface area contributed by atoms with Crippen molar-refractivity contribution in [2.24, 2.45) is 0 Å². The van der Waals surface area contributed by atoms with Gasteiger partial charge in [-0.1, -0.05) is 38.3 Å². The van der Waals surface area contributed by atoms with Gasteiger partial charge in [-0.2, -0.15) is 0 Å². The highest BCUT2D eigenvalue weighted by Gasteiger charge is 2.03. The van der Waals surface area contributed by atoms with E-state index in [1.165, 1.54) is 31.7 Å². The number of unbranched alkanes of at least 4 members (excludes halogenated alkanes) is 3. The molecule has 0 aliphatic heterocycles. The average molecular weight is 288 g/mol. The number of hydrogen-bond donors (Lipinski definition) is 1. The summed E-state index contributed by atoms with van der Waals surface area (Å²) < 4.78 is 13.8. The van der Waals surface area contributed by atoms with E-state index in [-0.39, 0.29) is 5.82 Å². The highest BCUT2D eigenvalue weighted by Crippen LogP contribution is 2.19. The van der Waals surface area contributed by atoms with Crippen LogP contribution in [0.3, 0.4) is 0 Å². The van der Waals surface area contributed by atoms with Gasteiger partial charge in [-0.15, -0.1) is 0 Å². The predicted octanol–water partition coefficient (Wildman–Crippen LogP) is 4.26. The first kappa shape index (κ1) is 13.7. The first-order chi connectivity index (χ1) is 7.75. The third-order valence-corrected chi connectivity index (χ3v) is 3.44. The molecule has 3 heteroatoms. The van der Waals surface area contributed by atoms with E-state index in [9.17, 15) is 4.39 Å². The van der Waals surface area contributed by atoms with Crippen LogP contribution >= 0.6 is 15.9 Å². The Morgan fingerprint density at radius 3 is 2.81 bits per heavy atom. The Morgan fingerprint density at radius 1 is 1.25 bits per heavy atom. The fourth-order valence-corrected chi connectivity index (χ4v) is 1.99. The maximum atomic E-state index is 13.2. The van der Waals surface area contributed by atoms with E-state index in [0.29, 0.717) is 4.47 Å². The van der Waals surface area contributed by atoms with Crippen molar-refractivity contribution in [2.45, 2.75) is 39.2 Å². The van der Waals surface area contributed by atoms with Crippen molar-refractivity contribution >= 4 is 15.9 Å². The Labute approximate surface area is 106 Å². The fraction of sp³-hybridized carbons (Fsp3) is 0.538. The number of halogens is 2. The van der Waals surface area contributed by atoms with E-state index in [2.05, 4.69) is 28.2 Å². The molecule has 0 saturated carbocycles. The van der Waals surface area contributed by atoms with Crippen molar-refractivity contribution in [1.82, 2.24) is 5.32 Å². The largest absolute Gasteiger partial charge is 0.313 e. The zero-order valence-electron chi connectivity index (χ0n) is 9.73. The second-order valence-electron chi connectivity index (χ2n) is 3.95. The zero-order chi connectivity index (χ0) is 11.8. The van der Waals surface area contributed by atoms with Gasteiger partial charge in [0.15, 0.2) is 0 Å². The summed E-state index contributed by atoms with van der Waals surface area (Å²) in [5.41, 5.74) is 0.982. The van der Waals surface area contributed by atoms with Crippen LogP contribution in [-0.4, -0.2) is 6.54 Å². The monoisotopic (exact) mass is 287 g/mol. The number of nitrogens with one attached hydrogen (secondary N) is 1. The smallest absolute Gasteiger partial charge is 0.137 e. The van der Waals surface area contributed by atoms with E-state index in [0.717, 1.165) is 18.7 Å². The molecule has 0 amide bonds. The summed E-state index contributed by atoms with van der Waals surface area (Å²) in [6, 6.07) is 5.15. The molecule has 0 aliphatic carbocycles. The van der Waals surface area contributed by atoms with Crippen LogP contribution in [0.4, 0.5) is 4.39 Å². The highest BCUT2D eigenvalue weighted by atomic mass is 79.9. The van der Waals surface area contributed by atoms with Crippen LogP contribution < -0.4 is 5.32 Å². The molecule has 1 rings (SSSR count). The topological polar surface area (TPSA) is 12.0 Å². The lowest BCUT2D eigenvalue weighted by atomic mass is 10.2. The molecule has 0 spiro atoms. The quantitative estimate of drug-likeness (QED) is 0.739. The maximum Gasteiger partial charge on any atom is 0.137 e. The van der Waals surface area contributed by atoms with Gasteiger partial charge in [-0.05, 0) is 40.5 Å². The molecule has 0 fully saturated rings. The second kappa shape index (κ2) is 7.80. The molecule has 1 aromatic rings. The van der Waals surface area contributed by atoms with E-state index in [1.54, 1.807) is 6.07 Å². The van der Waals surface area contributed by atoms with Gasteiger partial charge in [-0.3, -0.25) is 0 Å². The lowest BCUT2D eigenvalue weighted by Crippen LogP contribution is -2.15. The summed E-state index contributed by atoms with van der Waals surface area (Å²) in [6.07, 6.45) is 5.02. The summed E-state index contributed by atoms with van der Waals surface area (Å²) >= 11 is 3.26. The van der Waals surface area contributed by atoms with Gasteiger partial charge in [0.25, 0.3) is 0 Å². The number of benzene rings is 1. The Balaban J connectivity index is 2.24. The second-order valence-corrected chi connectivity index (χ2v) is 4.74. The lowest BCUT2D eigenvalue weighted by molar-refractivity contribution is 0.589. The molecule has 0 radical (unpaired) electrons. The third-order valence-electron chi connectivity index (χ3n) is 2.55. The van der Waals surface area contributed by atoms with Crippen LogP contribution in [0.2, 0.25) is 0 Å². The van der Waals surface area contributed by atoms with Crippen molar-refractivity contribution in [1.29, 1.82) is 0 Å². The van der Waals surface area contributed by atoms with Crippen LogP contribution in [0.25, 0.3) is 0 Å². The Hall–Kier alpha value is -0.410. The molecule has 0 aliphatic rings. The van der Waals surface area contributed by atoms with Crippen molar-refractivity contribution in [3.05, 3.63) is 34.1 Å². The predicted molar refractivity (Wildman–Crippen MR) is 69.9 cm³/mol. The Morgan fingerprint density at radius 2 is 2.06 bits per heavy atom. The molecule has 0 bridgehead atoms. The summed E-state index contributed by atoms with van der Waals surface area (Å²) in [5, 5.41) is 3.33. The maximum absolute atomic E-state index is 13.2. The normalized spacial score (nSPS) is 10.7. The number of rotatable bonds is 7.